The first-order valence-electron chi connectivity index (χ1n) is 17.6. The molecule has 0 bridgehead atoms. The van der Waals surface area contributed by atoms with Crippen LogP contribution in [0.3, 0.4) is 0 Å². The molecule has 4 aromatic rings. The fraction of sp³-hybridized carbons (Fsp3) is 0.333. The maximum Gasteiger partial charge on any atom is 0.416 e. The van der Waals surface area contributed by atoms with Crippen LogP contribution in [0, 0.1) is 32.6 Å². The average molecular weight is 708 g/mol. The lowest BCUT2D eigenvalue weighted by Crippen LogP contribution is -2.63. The fourth-order valence-corrected chi connectivity index (χ4v) is 8.63. The van der Waals surface area contributed by atoms with Crippen LogP contribution >= 0.6 is 0 Å². The molecule has 1 N–H and O–H groups in total. The molecule has 268 valence electrons. The summed E-state index contributed by atoms with van der Waals surface area (Å²) in [6.07, 6.45) is -1.78. The van der Waals surface area contributed by atoms with Crippen molar-refractivity contribution in [2.24, 2.45) is 11.8 Å². The molecule has 10 heteroatoms. The number of anilines is 1. The monoisotopic (exact) mass is 707 g/mol. The van der Waals surface area contributed by atoms with E-state index in [2.05, 4.69) is 17.4 Å². The van der Waals surface area contributed by atoms with Gasteiger partial charge in [-0.2, -0.15) is 13.2 Å². The van der Waals surface area contributed by atoms with E-state index in [1.165, 1.54) is 40.3 Å². The highest BCUT2D eigenvalue weighted by Gasteiger charge is 2.53. The molecule has 2 aliphatic carbocycles. The van der Waals surface area contributed by atoms with Crippen molar-refractivity contribution >= 4 is 29.3 Å². The maximum atomic E-state index is 15.1. The van der Waals surface area contributed by atoms with Gasteiger partial charge >= 0.3 is 6.18 Å². The Morgan fingerprint density at radius 3 is 1.96 bits per heavy atom. The van der Waals surface area contributed by atoms with Gasteiger partial charge in [0.05, 0.1) is 16.7 Å². The first kappa shape index (κ1) is 35.2. The van der Waals surface area contributed by atoms with Crippen LogP contribution in [-0.4, -0.2) is 45.5 Å². The van der Waals surface area contributed by atoms with E-state index in [0.29, 0.717) is 36.9 Å². The molecule has 1 saturated carbocycles. The van der Waals surface area contributed by atoms with E-state index < -0.39 is 47.5 Å². The van der Waals surface area contributed by atoms with E-state index in [1.807, 2.05) is 45.0 Å². The largest absolute Gasteiger partial charge is 0.416 e. The van der Waals surface area contributed by atoms with Gasteiger partial charge in [-0.3, -0.25) is 24.1 Å². The van der Waals surface area contributed by atoms with Crippen LogP contribution in [0.25, 0.3) is 0 Å². The van der Waals surface area contributed by atoms with Crippen LogP contribution in [0.4, 0.5) is 18.9 Å². The number of fused-ring (bicyclic) bond motifs is 3. The van der Waals surface area contributed by atoms with Crippen molar-refractivity contribution in [1.82, 2.24) is 9.80 Å². The van der Waals surface area contributed by atoms with Crippen LogP contribution in [0.1, 0.15) is 78.9 Å². The van der Waals surface area contributed by atoms with Crippen LogP contribution in [-0.2, 0) is 35.2 Å². The number of halogens is 3. The number of hydrogen-bond acceptors (Lipinski definition) is 4. The Hall–Kier alpha value is -5.25. The molecule has 4 amide bonds. The number of rotatable bonds is 7. The predicted molar refractivity (Wildman–Crippen MR) is 190 cm³/mol. The lowest BCUT2D eigenvalue weighted by atomic mass is 9.62. The maximum absolute atomic E-state index is 15.1. The number of alkyl halides is 3. The molecular formula is C42H40F3N3O4. The Kier molecular flexibility index (Phi) is 9.05. The van der Waals surface area contributed by atoms with Gasteiger partial charge in [-0.25, -0.2) is 0 Å². The molecule has 0 saturated heterocycles. The summed E-state index contributed by atoms with van der Waals surface area (Å²) in [6.45, 7) is 4.96. The van der Waals surface area contributed by atoms with Crippen molar-refractivity contribution in [1.29, 1.82) is 0 Å². The van der Waals surface area contributed by atoms with Crippen molar-refractivity contribution in [2.45, 2.75) is 71.1 Å². The zero-order chi connectivity index (χ0) is 36.9. The Morgan fingerprint density at radius 1 is 0.827 bits per heavy atom. The minimum Gasteiger partial charge on any atom is -0.324 e. The van der Waals surface area contributed by atoms with Gasteiger partial charge in [-0.1, -0.05) is 66.2 Å². The molecule has 0 unspecified atom stereocenters. The summed E-state index contributed by atoms with van der Waals surface area (Å²) in [5.74, 6) is -1.98. The molecule has 0 aromatic heterocycles. The molecule has 3 atom stereocenters. The summed E-state index contributed by atoms with van der Waals surface area (Å²) >= 11 is 0. The van der Waals surface area contributed by atoms with E-state index in [9.17, 15) is 27.6 Å². The van der Waals surface area contributed by atoms with Gasteiger partial charge in [0.1, 0.15) is 12.1 Å². The number of carbonyl (C=O) groups is 4. The van der Waals surface area contributed by atoms with E-state index in [4.69, 9.17) is 0 Å². The molecule has 0 radical (unpaired) electrons. The minimum atomic E-state index is -4.56. The van der Waals surface area contributed by atoms with Gasteiger partial charge in [-0.15, -0.1) is 0 Å². The lowest BCUT2D eigenvalue weighted by Gasteiger charge is -2.51. The van der Waals surface area contributed by atoms with Gasteiger partial charge in [0.25, 0.3) is 11.8 Å². The third-order valence-electron chi connectivity index (χ3n) is 11.2. The average Bonchev–Trinajstić information content (AvgIpc) is 3.35. The number of benzene rings is 4. The van der Waals surface area contributed by atoms with Crippen molar-refractivity contribution in [3.05, 3.63) is 135 Å². The summed E-state index contributed by atoms with van der Waals surface area (Å²) in [7, 11) is 0. The number of hydrogen-bond donors (Lipinski definition) is 1. The SMILES string of the molecule is Cc1cc(C)c(NC(=O)[C@]2(N(Cc3ccc(C(F)(F)F)cc3)C(=O)CN3C(=O)c4ccccc4C3=O)CC[C@H]3Cc4ccccc4C[C@@H]3C2)c(C)c1. The van der Waals surface area contributed by atoms with Crippen molar-refractivity contribution in [3.8, 4) is 0 Å². The summed E-state index contributed by atoms with van der Waals surface area (Å²) in [5.41, 5.74) is 4.32. The molecule has 1 heterocycles. The molecule has 7 nitrogen and oxygen atoms in total. The molecular weight excluding hydrogens is 667 g/mol. The van der Waals surface area contributed by atoms with E-state index >= 15 is 4.79 Å². The van der Waals surface area contributed by atoms with Gasteiger partial charge in [0, 0.05) is 12.2 Å². The second kappa shape index (κ2) is 13.4. The number of imide groups is 1. The first-order valence-corrected chi connectivity index (χ1v) is 17.6. The number of amides is 4. The van der Waals surface area contributed by atoms with Crippen LogP contribution < -0.4 is 5.32 Å². The highest BCUT2D eigenvalue weighted by Crippen LogP contribution is 2.47. The first-order chi connectivity index (χ1) is 24.7. The number of nitrogens with zero attached hydrogens (tertiary/aromatic N) is 2. The topological polar surface area (TPSA) is 86.8 Å². The molecule has 52 heavy (non-hydrogen) atoms. The predicted octanol–water partition coefficient (Wildman–Crippen LogP) is 7.85. The summed E-state index contributed by atoms with van der Waals surface area (Å²) in [5, 5.41) is 3.18. The van der Waals surface area contributed by atoms with Crippen molar-refractivity contribution < 1.29 is 32.3 Å². The van der Waals surface area contributed by atoms with Crippen molar-refractivity contribution in [2.75, 3.05) is 11.9 Å². The van der Waals surface area contributed by atoms with Crippen molar-refractivity contribution in [3.63, 3.8) is 0 Å². The Balaban J connectivity index is 1.31. The Bertz CT molecular complexity index is 2030. The van der Waals surface area contributed by atoms with Gasteiger partial charge in [-0.05, 0) is 117 Å². The molecule has 0 spiro atoms. The molecule has 1 aliphatic heterocycles. The summed E-state index contributed by atoms with van der Waals surface area (Å²) in [6, 6.07) is 23.1. The van der Waals surface area contributed by atoms with Gasteiger partial charge in [0.2, 0.25) is 11.8 Å². The fourth-order valence-electron chi connectivity index (χ4n) is 8.63. The second-order valence-electron chi connectivity index (χ2n) is 14.6. The summed E-state index contributed by atoms with van der Waals surface area (Å²) in [4.78, 5) is 59.1. The standard InChI is InChI=1S/C42H40F3N3O4/c1-25-18-26(2)37(27(3)19-25)46-40(52)41(17-16-31-20-29-8-4-5-9-30(29)21-32(31)22-41)48(23-28-12-14-33(15-13-28)42(43,44)45)36(49)24-47-38(50)34-10-6-7-11-35(34)39(47)51/h4-15,18-19,31-32H,16-17,20-24H2,1-3H3,(H,46,52)/t31-,32+,41-/m0/s1. The normalized spacial score (nSPS) is 20.9. The molecule has 7 rings (SSSR count). The summed E-state index contributed by atoms with van der Waals surface area (Å²) < 4.78 is 40.7. The molecule has 3 aliphatic rings. The Labute approximate surface area is 300 Å². The van der Waals surface area contributed by atoms with Crippen LogP contribution in [0.15, 0.2) is 84.9 Å². The van der Waals surface area contributed by atoms with Crippen LogP contribution in [0.2, 0.25) is 0 Å². The van der Waals surface area contributed by atoms with Crippen LogP contribution in [0.5, 0.6) is 0 Å². The smallest absolute Gasteiger partial charge is 0.324 e. The zero-order valence-corrected chi connectivity index (χ0v) is 29.3. The highest BCUT2D eigenvalue weighted by atomic mass is 19.4. The quantitative estimate of drug-likeness (QED) is 0.198. The number of aryl methyl sites for hydroxylation is 3. The number of nitrogens with one attached hydrogen (secondary N) is 1. The van der Waals surface area contributed by atoms with E-state index in [0.717, 1.165) is 40.1 Å². The van der Waals surface area contributed by atoms with E-state index in [-0.39, 0.29) is 29.5 Å². The van der Waals surface area contributed by atoms with Gasteiger partial charge in [0.15, 0.2) is 0 Å². The highest BCUT2D eigenvalue weighted by molar-refractivity contribution is 6.22. The Morgan fingerprint density at radius 2 is 1.38 bits per heavy atom. The van der Waals surface area contributed by atoms with E-state index in [1.54, 1.807) is 12.1 Å². The third-order valence-corrected chi connectivity index (χ3v) is 11.2. The molecule has 1 fully saturated rings. The molecule has 4 aromatic carbocycles. The minimum absolute atomic E-state index is 0.0248. The third kappa shape index (κ3) is 6.39. The van der Waals surface area contributed by atoms with Gasteiger partial charge < -0.3 is 10.2 Å². The zero-order valence-electron chi connectivity index (χ0n) is 29.3. The lowest BCUT2D eigenvalue weighted by molar-refractivity contribution is -0.151. The number of carbonyl (C=O) groups excluding carboxylic acids is 4. The second-order valence-corrected chi connectivity index (χ2v) is 14.6.